The van der Waals surface area contributed by atoms with Crippen LogP contribution in [-0.2, 0) is 6.54 Å². The first kappa shape index (κ1) is 12.1. The molecule has 0 saturated carbocycles. The third-order valence-corrected chi connectivity index (χ3v) is 2.76. The molecule has 0 aliphatic carbocycles. The van der Waals surface area contributed by atoms with Crippen LogP contribution in [0.25, 0.3) is 11.2 Å². The summed E-state index contributed by atoms with van der Waals surface area (Å²) in [6.07, 6.45) is 1.49. The highest BCUT2D eigenvalue weighted by molar-refractivity contribution is 5.90. The minimum Gasteiger partial charge on any atom is -0.363 e. The number of carbonyl (C=O) groups is 1. The molecule has 1 amide bonds. The number of aromatic amines is 1. The van der Waals surface area contributed by atoms with Crippen LogP contribution < -0.4 is 11.1 Å². The van der Waals surface area contributed by atoms with Crippen LogP contribution in [0.2, 0.25) is 0 Å². The van der Waals surface area contributed by atoms with Crippen LogP contribution in [0.15, 0.2) is 36.5 Å². The maximum Gasteiger partial charge on any atom is 0.286 e. The highest BCUT2D eigenvalue weighted by Crippen LogP contribution is 2.12. The summed E-state index contributed by atoms with van der Waals surface area (Å²) in [6.45, 7) is 0.636. The van der Waals surface area contributed by atoms with E-state index in [0.29, 0.717) is 23.7 Å². The van der Waals surface area contributed by atoms with E-state index in [1.165, 1.54) is 6.20 Å². The molecular weight excluding hydrogens is 256 g/mol. The Kier molecular flexibility index (Phi) is 3.00. The van der Waals surface area contributed by atoms with Crippen molar-refractivity contribution in [1.29, 1.82) is 0 Å². The number of hydrogen-bond acceptors (Lipinski definition) is 5. The molecule has 7 nitrogen and oxygen atoms in total. The second kappa shape index (κ2) is 4.96. The summed E-state index contributed by atoms with van der Waals surface area (Å²) in [4.78, 5) is 26.1. The largest absolute Gasteiger partial charge is 0.363 e. The van der Waals surface area contributed by atoms with Gasteiger partial charge in [0, 0.05) is 6.54 Å². The summed E-state index contributed by atoms with van der Waals surface area (Å²) in [6, 6.07) is 9.94. The normalized spacial score (nSPS) is 10.6. The predicted molar refractivity (Wildman–Crippen MR) is 74.0 cm³/mol. The fraction of sp³-hybridized carbons (Fsp3) is 0.0769. The van der Waals surface area contributed by atoms with Crippen LogP contribution in [-0.4, -0.2) is 25.8 Å². The lowest BCUT2D eigenvalue weighted by atomic mass is 10.2. The van der Waals surface area contributed by atoms with Crippen LogP contribution in [0, 0.1) is 0 Å². The van der Waals surface area contributed by atoms with Crippen molar-refractivity contribution < 1.29 is 4.79 Å². The summed E-state index contributed by atoms with van der Waals surface area (Å²) in [5.74, 6) is -0.146. The van der Waals surface area contributed by atoms with Crippen LogP contribution in [0.1, 0.15) is 16.2 Å². The molecule has 2 aromatic heterocycles. The number of anilines is 1. The number of benzene rings is 1. The van der Waals surface area contributed by atoms with E-state index in [1.807, 2.05) is 30.3 Å². The van der Waals surface area contributed by atoms with E-state index in [0.717, 1.165) is 5.56 Å². The molecule has 3 rings (SSSR count). The first-order valence-electron chi connectivity index (χ1n) is 6.03. The second-order valence-corrected chi connectivity index (χ2v) is 4.22. The molecule has 0 spiro atoms. The third kappa shape index (κ3) is 2.41. The van der Waals surface area contributed by atoms with Crippen LogP contribution >= 0.6 is 0 Å². The van der Waals surface area contributed by atoms with E-state index in [9.17, 15) is 4.79 Å². The van der Waals surface area contributed by atoms with Gasteiger partial charge in [-0.15, -0.1) is 0 Å². The number of nitrogens with zero attached hydrogens (tertiary/aromatic N) is 3. The third-order valence-electron chi connectivity index (χ3n) is 2.76. The fourth-order valence-electron chi connectivity index (χ4n) is 1.79. The molecule has 2 heterocycles. The lowest BCUT2D eigenvalue weighted by Gasteiger charge is -2.01. The summed E-state index contributed by atoms with van der Waals surface area (Å²) < 4.78 is 0. The molecule has 0 atom stereocenters. The molecule has 7 heteroatoms. The van der Waals surface area contributed by atoms with Crippen LogP contribution in [0.5, 0.6) is 0 Å². The van der Waals surface area contributed by atoms with E-state index in [4.69, 9.17) is 5.73 Å². The highest BCUT2D eigenvalue weighted by atomic mass is 16.1. The zero-order chi connectivity index (χ0) is 13.9. The van der Waals surface area contributed by atoms with E-state index >= 15 is 0 Å². The number of rotatable bonds is 4. The average Bonchev–Trinajstić information content (AvgIpc) is 2.88. The van der Waals surface area contributed by atoms with E-state index in [-0.39, 0.29) is 5.82 Å². The molecule has 100 valence electrons. The minimum atomic E-state index is -0.673. The monoisotopic (exact) mass is 268 g/mol. The fourth-order valence-corrected chi connectivity index (χ4v) is 1.79. The number of amides is 1. The zero-order valence-electron chi connectivity index (χ0n) is 10.5. The van der Waals surface area contributed by atoms with Crippen molar-refractivity contribution in [2.45, 2.75) is 6.54 Å². The number of fused-ring (bicyclic) bond motifs is 1. The minimum absolute atomic E-state index is 0.0430. The van der Waals surface area contributed by atoms with Gasteiger partial charge in [-0.2, -0.15) is 4.98 Å². The van der Waals surface area contributed by atoms with Gasteiger partial charge in [0.25, 0.3) is 5.91 Å². The van der Waals surface area contributed by atoms with Gasteiger partial charge in [0.2, 0.25) is 11.8 Å². The quantitative estimate of drug-likeness (QED) is 0.655. The van der Waals surface area contributed by atoms with Gasteiger partial charge < -0.3 is 16.0 Å². The van der Waals surface area contributed by atoms with Gasteiger partial charge >= 0.3 is 0 Å². The summed E-state index contributed by atoms with van der Waals surface area (Å²) in [5, 5.41) is 3.15. The highest BCUT2D eigenvalue weighted by Gasteiger charge is 2.09. The van der Waals surface area contributed by atoms with Gasteiger partial charge in [-0.25, -0.2) is 9.97 Å². The maximum atomic E-state index is 11.0. The Hall–Kier alpha value is -2.96. The zero-order valence-corrected chi connectivity index (χ0v) is 10.5. The molecule has 0 unspecified atom stereocenters. The molecular formula is C13H12N6O. The van der Waals surface area contributed by atoms with Gasteiger partial charge in [0.1, 0.15) is 5.52 Å². The van der Waals surface area contributed by atoms with Crippen molar-refractivity contribution >= 4 is 23.0 Å². The molecule has 1 aromatic carbocycles. The smallest absolute Gasteiger partial charge is 0.286 e. The Balaban J connectivity index is 1.80. The van der Waals surface area contributed by atoms with E-state index in [2.05, 4.69) is 25.3 Å². The van der Waals surface area contributed by atoms with Gasteiger partial charge in [-0.1, -0.05) is 30.3 Å². The number of carbonyl (C=O) groups excluding carboxylic acids is 1. The summed E-state index contributed by atoms with van der Waals surface area (Å²) in [7, 11) is 0. The van der Waals surface area contributed by atoms with Gasteiger partial charge in [-0.05, 0) is 5.56 Å². The summed E-state index contributed by atoms with van der Waals surface area (Å²) >= 11 is 0. The van der Waals surface area contributed by atoms with Crippen molar-refractivity contribution in [2.24, 2.45) is 5.73 Å². The van der Waals surface area contributed by atoms with Crippen molar-refractivity contribution in [3.63, 3.8) is 0 Å². The second-order valence-electron chi connectivity index (χ2n) is 4.22. The number of imidazole rings is 1. The first-order valence-corrected chi connectivity index (χ1v) is 6.03. The molecule has 0 bridgehead atoms. The number of hydrogen-bond donors (Lipinski definition) is 3. The number of H-pyrrole nitrogens is 1. The lowest BCUT2D eigenvalue weighted by molar-refractivity contribution is 0.0991. The van der Waals surface area contributed by atoms with Crippen molar-refractivity contribution in [3.05, 3.63) is 47.9 Å². The first-order chi connectivity index (χ1) is 9.72. The Labute approximate surface area is 114 Å². The summed E-state index contributed by atoms with van der Waals surface area (Å²) in [5.41, 5.74) is 7.32. The Bertz CT molecular complexity index is 752. The molecule has 0 aliphatic heterocycles. The lowest BCUT2D eigenvalue weighted by Crippen LogP contribution is -2.14. The topological polar surface area (TPSA) is 110 Å². The molecule has 3 aromatic rings. The molecule has 0 fully saturated rings. The SMILES string of the molecule is NC(=O)c1ncc2[nH]c(NCc3ccccc3)nc2n1. The van der Waals surface area contributed by atoms with Crippen molar-refractivity contribution in [2.75, 3.05) is 5.32 Å². The molecule has 0 aliphatic rings. The molecule has 0 saturated heterocycles. The number of primary amides is 1. The van der Waals surface area contributed by atoms with Crippen molar-refractivity contribution in [3.8, 4) is 0 Å². The van der Waals surface area contributed by atoms with E-state index in [1.54, 1.807) is 0 Å². The van der Waals surface area contributed by atoms with Crippen LogP contribution in [0.3, 0.4) is 0 Å². The van der Waals surface area contributed by atoms with Gasteiger partial charge in [0.15, 0.2) is 5.65 Å². The number of aromatic nitrogens is 4. The van der Waals surface area contributed by atoms with Gasteiger partial charge in [0.05, 0.1) is 6.20 Å². The van der Waals surface area contributed by atoms with E-state index < -0.39 is 5.91 Å². The Morgan fingerprint density at radius 2 is 2.05 bits per heavy atom. The predicted octanol–water partition coefficient (Wildman–Crippen LogP) is 1.06. The maximum absolute atomic E-state index is 11.0. The van der Waals surface area contributed by atoms with Crippen molar-refractivity contribution in [1.82, 2.24) is 19.9 Å². The Morgan fingerprint density at radius 1 is 1.25 bits per heavy atom. The molecule has 20 heavy (non-hydrogen) atoms. The molecule has 4 N–H and O–H groups in total. The molecule has 0 radical (unpaired) electrons. The van der Waals surface area contributed by atoms with Crippen LogP contribution in [0.4, 0.5) is 5.95 Å². The average molecular weight is 268 g/mol. The Morgan fingerprint density at radius 3 is 2.80 bits per heavy atom. The number of nitrogens with one attached hydrogen (secondary N) is 2. The standard InChI is InChI=1S/C13H12N6O/c14-10(20)12-15-7-9-11(18-12)19-13(17-9)16-6-8-4-2-1-3-5-8/h1-5,7H,6H2,(H2,14,20)(H2,15,16,17,18,19). The number of nitrogens with two attached hydrogens (primary N) is 1. The van der Waals surface area contributed by atoms with Gasteiger partial charge in [-0.3, -0.25) is 4.79 Å².